The Bertz CT molecular complexity index is 332. The number of nitrogens with zero attached hydrogens (tertiary/aromatic N) is 1. The van der Waals surface area contributed by atoms with Gasteiger partial charge in [0.1, 0.15) is 0 Å². The van der Waals surface area contributed by atoms with E-state index in [1.54, 1.807) is 0 Å². The lowest BCUT2D eigenvalue weighted by atomic mass is 9.99. The zero-order valence-electron chi connectivity index (χ0n) is 11.2. The molecule has 0 radical (unpaired) electrons. The summed E-state index contributed by atoms with van der Waals surface area (Å²) in [6.45, 7) is 5.76. The van der Waals surface area contributed by atoms with Gasteiger partial charge in [-0.2, -0.15) is 0 Å². The molecule has 1 N–H and O–H groups in total. The van der Waals surface area contributed by atoms with E-state index >= 15 is 0 Å². The average molecular weight is 232 g/mol. The molecular weight excluding hydrogens is 208 g/mol. The molecule has 1 saturated carbocycles. The lowest BCUT2D eigenvalue weighted by Crippen LogP contribution is -2.43. The Hall–Kier alpha value is -0.860. The van der Waals surface area contributed by atoms with Crippen molar-refractivity contribution in [3.63, 3.8) is 0 Å². The molecule has 2 atom stereocenters. The highest BCUT2D eigenvalue weighted by molar-refractivity contribution is 5.20. The summed E-state index contributed by atoms with van der Waals surface area (Å²) in [5.74, 6) is 0. The van der Waals surface area contributed by atoms with Crippen LogP contribution in [0.25, 0.3) is 0 Å². The lowest BCUT2D eigenvalue weighted by molar-refractivity contribution is 0.172. The van der Waals surface area contributed by atoms with E-state index in [0.29, 0.717) is 12.1 Å². The molecule has 2 nitrogen and oxygen atoms in total. The summed E-state index contributed by atoms with van der Waals surface area (Å²) in [6.07, 6.45) is 2.76. The molecule has 0 aliphatic heterocycles. The molecule has 0 amide bonds. The molecule has 0 heterocycles. The van der Waals surface area contributed by atoms with E-state index in [9.17, 15) is 0 Å². The average Bonchev–Trinajstić information content (AvgIpc) is 3.17. The topological polar surface area (TPSA) is 15.3 Å². The van der Waals surface area contributed by atoms with Crippen LogP contribution in [0, 0.1) is 0 Å². The van der Waals surface area contributed by atoms with Crippen LogP contribution in [0.4, 0.5) is 0 Å². The maximum absolute atomic E-state index is 3.47. The van der Waals surface area contributed by atoms with Crippen LogP contribution in [0.5, 0.6) is 0 Å². The summed E-state index contributed by atoms with van der Waals surface area (Å²) in [7, 11) is 2.06. The van der Waals surface area contributed by atoms with Crippen LogP contribution in [-0.2, 0) is 0 Å². The Kier molecular flexibility index (Phi) is 4.19. The monoisotopic (exact) mass is 232 g/mol. The van der Waals surface area contributed by atoms with Crippen molar-refractivity contribution in [2.24, 2.45) is 0 Å². The summed E-state index contributed by atoms with van der Waals surface area (Å²) < 4.78 is 0. The third-order valence-corrected chi connectivity index (χ3v) is 3.86. The summed E-state index contributed by atoms with van der Waals surface area (Å²) in [6, 6.07) is 12.6. The van der Waals surface area contributed by atoms with E-state index in [1.807, 2.05) is 0 Å². The van der Waals surface area contributed by atoms with Crippen molar-refractivity contribution in [3.8, 4) is 0 Å². The van der Waals surface area contributed by atoms with Gasteiger partial charge in [-0.25, -0.2) is 0 Å². The normalized spacial score (nSPS) is 19.3. The maximum Gasteiger partial charge on any atom is 0.0473 e. The van der Waals surface area contributed by atoms with Crippen molar-refractivity contribution in [1.29, 1.82) is 0 Å². The first-order valence-electron chi connectivity index (χ1n) is 6.75. The van der Waals surface area contributed by atoms with Crippen LogP contribution >= 0.6 is 0 Å². The van der Waals surface area contributed by atoms with Crippen molar-refractivity contribution < 1.29 is 0 Å². The van der Waals surface area contributed by atoms with Gasteiger partial charge in [0.2, 0.25) is 0 Å². The molecule has 1 aliphatic carbocycles. The SMILES string of the molecule is CCN(C1CC1)C(C)C(NC)c1ccccc1. The van der Waals surface area contributed by atoms with Gasteiger partial charge in [0.25, 0.3) is 0 Å². The highest BCUT2D eigenvalue weighted by atomic mass is 15.2. The number of rotatable bonds is 6. The smallest absolute Gasteiger partial charge is 0.0473 e. The Morgan fingerprint density at radius 3 is 2.41 bits per heavy atom. The molecule has 1 fully saturated rings. The maximum atomic E-state index is 3.47. The molecule has 0 bridgehead atoms. The fourth-order valence-electron chi connectivity index (χ4n) is 2.82. The zero-order chi connectivity index (χ0) is 12.3. The zero-order valence-corrected chi connectivity index (χ0v) is 11.2. The van der Waals surface area contributed by atoms with Crippen molar-refractivity contribution >= 4 is 0 Å². The molecule has 94 valence electrons. The van der Waals surface area contributed by atoms with Gasteiger partial charge in [-0.3, -0.25) is 4.90 Å². The Morgan fingerprint density at radius 2 is 1.94 bits per heavy atom. The molecule has 1 aromatic carbocycles. The fraction of sp³-hybridized carbons (Fsp3) is 0.600. The van der Waals surface area contributed by atoms with E-state index in [2.05, 4.69) is 61.4 Å². The quantitative estimate of drug-likeness (QED) is 0.811. The Morgan fingerprint density at radius 1 is 1.29 bits per heavy atom. The minimum atomic E-state index is 0.428. The van der Waals surface area contributed by atoms with Crippen LogP contribution in [0.15, 0.2) is 30.3 Å². The standard InChI is InChI=1S/C15H24N2/c1-4-17(14-10-11-14)12(2)15(16-3)13-8-6-5-7-9-13/h5-9,12,14-16H,4,10-11H2,1-3H3. The first kappa shape index (κ1) is 12.6. The Labute approximate surface area is 105 Å². The number of nitrogens with one attached hydrogen (secondary N) is 1. The predicted molar refractivity (Wildman–Crippen MR) is 73.1 cm³/mol. The summed E-state index contributed by atoms with van der Waals surface area (Å²) >= 11 is 0. The van der Waals surface area contributed by atoms with Crippen LogP contribution in [-0.4, -0.2) is 30.6 Å². The summed E-state index contributed by atoms with van der Waals surface area (Å²) in [4.78, 5) is 2.63. The lowest BCUT2D eigenvalue weighted by Gasteiger charge is -2.34. The third-order valence-electron chi connectivity index (χ3n) is 3.86. The highest BCUT2D eigenvalue weighted by Crippen LogP contribution is 2.32. The van der Waals surface area contributed by atoms with Gasteiger partial charge in [0.05, 0.1) is 0 Å². The molecule has 17 heavy (non-hydrogen) atoms. The number of hydrogen-bond donors (Lipinski definition) is 1. The van der Waals surface area contributed by atoms with Crippen LogP contribution in [0.1, 0.15) is 38.3 Å². The second-order valence-corrected chi connectivity index (χ2v) is 4.98. The first-order chi connectivity index (χ1) is 8.27. The van der Waals surface area contributed by atoms with Crippen molar-refractivity contribution in [2.45, 2.75) is 44.8 Å². The van der Waals surface area contributed by atoms with Crippen molar-refractivity contribution in [1.82, 2.24) is 10.2 Å². The third kappa shape index (κ3) is 2.88. The van der Waals surface area contributed by atoms with Gasteiger partial charge in [-0.15, -0.1) is 0 Å². The van der Waals surface area contributed by atoms with Gasteiger partial charge in [0.15, 0.2) is 0 Å². The second kappa shape index (κ2) is 5.65. The molecule has 0 spiro atoms. The van der Waals surface area contributed by atoms with Gasteiger partial charge in [-0.05, 0) is 38.9 Å². The van der Waals surface area contributed by atoms with Gasteiger partial charge >= 0.3 is 0 Å². The van der Waals surface area contributed by atoms with E-state index in [0.717, 1.165) is 12.6 Å². The van der Waals surface area contributed by atoms with Gasteiger partial charge in [0, 0.05) is 18.1 Å². The fourth-order valence-corrected chi connectivity index (χ4v) is 2.82. The largest absolute Gasteiger partial charge is 0.312 e. The number of benzene rings is 1. The molecular formula is C15H24N2. The molecule has 1 aliphatic rings. The summed E-state index contributed by atoms with van der Waals surface area (Å²) in [5, 5.41) is 3.47. The van der Waals surface area contributed by atoms with E-state index in [-0.39, 0.29) is 0 Å². The highest BCUT2D eigenvalue weighted by Gasteiger charge is 2.34. The van der Waals surface area contributed by atoms with Crippen molar-refractivity contribution in [3.05, 3.63) is 35.9 Å². The molecule has 2 heteroatoms. The molecule has 2 rings (SSSR count). The van der Waals surface area contributed by atoms with E-state index in [4.69, 9.17) is 0 Å². The van der Waals surface area contributed by atoms with Gasteiger partial charge < -0.3 is 5.32 Å². The second-order valence-electron chi connectivity index (χ2n) is 4.98. The van der Waals surface area contributed by atoms with Crippen LogP contribution < -0.4 is 5.32 Å². The van der Waals surface area contributed by atoms with E-state index < -0.39 is 0 Å². The van der Waals surface area contributed by atoms with E-state index in [1.165, 1.54) is 18.4 Å². The molecule has 1 aromatic rings. The van der Waals surface area contributed by atoms with Gasteiger partial charge in [-0.1, -0.05) is 37.3 Å². The minimum absolute atomic E-state index is 0.428. The molecule has 2 unspecified atom stereocenters. The summed E-state index contributed by atoms with van der Waals surface area (Å²) in [5.41, 5.74) is 1.39. The van der Waals surface area contributed by atoms with Crippen molar-refractivity contribution in [2.75, 3.05) is 13.6 Å². The molecule has 0 saturated heterocycles. The number of hydrogen-bond acceptors (Lipinski definition) is 2. The first-order valence-corrected chi connectivity index (χ1v) is 6.75. The number of likely N-dealkylation sites (N-methyl/N-ethyl adjacent to an activating group) is 2. The molecule has 0 aromatic heterocycles. The van der Waals surface area contributed by atoms with Crippen LogP contribution in [0.2, 0.25) is 0 Å². The Balaban J connectivity index is 2.11. The van der Waals surface area contributed by atoms with Crippen LogP contribution in [0.3, 0.4) is 0 Å². The predicted octanol–water partition coefficient (Wildman–Crippen LogP) is 2.82. The minimum Gasteiger partial charge on any atom is -0.312 e.